The van der Waals surface area contributed by atoms with E-state index in [1.165, 1.54) is 0 Å². The highest BCUT2D eigenvalue weighted by Crippen LogP contribution is 2.22. The van der Waals surface area contributed by atoms with Gasteiger partial charge in [-0.1, -0.05) is 6.92 Å². The molecule has 1 heterocycles. The van der Waals surface area contributed by atoms with Crippen molar-refractivity contribution in [2.75, 3.05) is 11.5 Å². The Bertz CT molecular complexity index is 367. The molecule has 94 valence electrons. The highest BCUT2D eigenvalue weighted by atomic mass is 32.2. The Morgan fingerprint density at radius 1 is 1.56 bits per heavy atom. The normalized spacial score (nSPS) is 29.7. The third-order valence-electron chi connectivity index (χ3n) is 2.91. The lowest BCUT2D eigenvalue weighted by Crippen LogP contribution is -2.52. The standard InChI is InChI=1S/C10H20N2O2S2/c1-4-8(2)11-9(15)12-10(3)5-6-16(13,14)7-10/h8H,4-7H2,1-3H3,(H2,11,12,15). The minimum Gasteiger partial charge on any atom is -0.360 e. The fourth-order valence-corrected chi connectivity index (χ4v) is 4.29. The maximum absolute atomic E-state index is 11.4. The first kappa shape index (κ1) is 13.7. The number of thiocarbonyl (C=S) groups is 1. The number of nitrogens with one attached hydrogen (secondary N) is 2. The number of sulfone groups is 1. The van der Waals surface area contributed by atoms with E-state index in [-0.39, 0.29) is 11.5 Å². The molecule has 6 heteroatoms. The van der Waals surface area contributed by atoms with E-state index in [1.54, 1.807) is 0 Å². The molecule has 2 atom stereocenters. The number of rotatable bonds is 3. The predicted octanol–water partition coefficient (Wildman–Crippen LogP) is 0.826. The van der Waals surface area contributed by atoms with Gasteiger partial charge in [-0.15, -0.1) is 0 Å². The second kappa shape index (κ2) is 4.87. The second-order valence-corrected chi connectivity index (χ2v) is 7.40. The lowest BCUT2D eigenvalue weighted by atomic mass is 10.0. The molecule has 0 aromatic carbocycles. The van der Waals surface area contributed by atoms with Crippen LogP contribution in [0.1, 0.15) is 33.6 Å². The van der Waals surface area contributed by atoms with Crippen molar-refractivity contribution in [2.24, 2.45) is 0 Å². The van der Waals surface area contributed by atoms with E-state index in [1.807, 2.05) is 13.8 Å². The minimum absolute atomic E-state index is 0.169. The Labute approximate surface area is 103 Å². The number of hydrogen-bond donors (Lipinski definition) is 2. The van der Waals surface area contributed by atoms with Crippen LogP contribution in [-0.2, 0) is 9.84 Å². The van der Waals surface area contributed by atoms with E-state index in [9.17, 15) is 8.42 Å². The van der Waals surface area contributed by atoms with Crippen LogP contribution in [0.2, 0.25) is 0 Å². The maximum Gasteiger partial charge on any atom is 0.166 e. The molecule has 0 aromatic rings. The molecule has 1 saturated heterocycles. The summed E-state index contributed by atoms with van der Waals surface area (Å²) in [5.74, 6) is 0.421. The summed E-state index contributed by atoms with van der Waals surface area (Å²) in [7, 11) is -2.88. The molecule has 1 aliphatic heterocycles. The van der Waals surface area contributed by atoms with E-state index in [0.29, 0.717) is 17.6 Å². The van der Waals surface area contributed by atoms with Gasteiger partial charge in [0.15, 0.2) is 14.9 Å². The van der Waals surface area contributed by atoms with E-state index >= 15 is 0 Å². The third kappa shape index (κ3) is 3.90. The molecule has 0 bridgehead atoms. The summed E-state index contributed by atoms with van der Waals surface area (Å²) in [6.45, 7) is 6.02. The number of hydrogen-bond acceptors (Lipinski definition) is 3. The molecule has 0 amide bonds. The summed E-state index contributed by atoms with van der Waals surface area (Å²) in [5, 5.41) is 6.80. The van der Waals surface area contributed by atoms with Crippen LogP contribution in [0.15, 0.2) is 0 Å². The van der Waals surface area contributed by atoms with Gasteiger partial charge in [0.25, 0.3) is 0 Å². The Balaban J connectivity index is 2.52. The van der Waals surface area contributed by atoms with E-state index < -0.39 is 15.4 Å². The Hall–Kier alpha value is -0.360. The van der Waals surface area contributed by atoms with Crippen molar-refractivity contribution in [1.29, 1.82) is 0 Å². The Morgan fingerprint density at radius 3 is 2.62 bits per heavy atom. The second-order valence-electron chi connectivity index (χ2n) is 4.81. The molecule has 2 N–H and O–H groups in total. The summed E-state index contributed by atoms with van der Waals surface area (Å²) in [6.07, 6.45) is 1.61. The molecular formula is C10H20N2O2S2. The van der Waals surface area contributed by atoms with Crippen LogP contribution in [0.4, 0.5) is 0 Å². The third-order valence-corrected chi connectivity index (χ3v) is 5.03. The first-order chi connectivity index (χ1) is 7.26. The lowest BCUT2D eigenvalue weighted by Gasteiger charge is -2.27. The largest absolute Gasteiger partial charge is 0.360 e. The molecular weight excluding hydrogens is 244 g/mol. The molecule has 0 spiro atoms. The van der Waals surface area contributed by atoms with Crippen molar-refractivity contribution in [2.45, 2.75) is 45.2 Å². The first-order valence-corrected chi connectivity index (χ1v) is 7.78. The van der Waals surface area contributed by atoms with E-state index in [4.69, 9.17) is 12.2 Å². The van der Waals surface area contributed by atoms with Crippen molar-refractivity contribution in [3.63, 3.8) is 0 Å². The summed E-state index contributed by atoms with van der Waals surface area (Å²) >= 11 is 5.16. The molecule has 2 unspecified atom stereocenters. The van der Waals surface area contributed by atoms with Gasteiger partial charge >= 0.3 is 0 Å². The van der Waals surface area contributed by atoms with Gasteiger partial charge in [0.1, 0.15) is 0 Å². The Morgan fingerprint density at radius 2 is 2.19 bits per heavy atom. The highest BCUT2D eigenvalue weighted by molar-refractivity contribution is 7.91. The average molecular weight is 264 g/mol. The minimum atomic E-state index is -2.88. The van der Waals surface area contributed by atoms with Crippen molar-refractivity contribution in [3.05, 3.63) is 0 Å². The van der Waals surface area contributed by atoms with Gasteiger partial charge in [0, 0.05) is 6.04 Å². The van der Waals surface area contributed by atoms with Crippen molar-refractivity contribution in [1.82, 2.24) is 10.6 Å². The summed E-state index contributed by atoms with van der Waals surface area (Å²) in [6, 6.07) is 0.307. The van der Waals surface area contributed by atoms with Gasteiger partial charge in [-0.2, -0.15) is 0 Å². The zero-order chi connectivity index (χ0) is 12.4. The molecule has 16 heavy (non-hydrogen) atoms. The van der Waals surface area contributed by atoms with Crippen LogP contribution in [0.25, 0.3) is 0 Å². The zero-order valence-corrected chi connectivity index (χ0v) is 11.7. The maximum atomic E-state index is 11.4. The zero-order valence-electron chi connectivity index (χ0n) is 10.0. The molecule has 1 rings (SSSR count). The Kier molecular flexibility index (Phi) is 4.17. The molecule has 0 radical (unpaired) electrons. The summed E-state index contributed by atoms with van der Waals surface area (Å²) in [5.41, 5.74) is -0.406. The molecule has 0 aromatic heterocycles. The SMILES string of the molecule is CCC(C)NC(=S)NC1(C)CCS(=O)(=O)C1. The van der Waals surface area contributed by atoms with Crippen LogP contribution < -0.4 is 10.6 Å². The monoisotopic (exact) mass is 264 g/mol. The molecule has 1 fully saturated rings. The van der Waals surface area contributed by atoms with Crippen LogP contribution in [-0.4, -0.2) is 36.6 Å². The quantitative estimate of drug-likeness (QED) is 0.739. The molecule has 1 aliphatic rings. The van der Waals surface area contributed by atoms with Gasteiger partial charge in [-0.05, 0) is 38.9 Å². The van der Waals surface area contributed by atoms with Crippen molar-refractivity contribution in [3.8, 4) is 0 Å². The fraction of sp³-hybridized carbons (Fsp3) is 0.900. The first-order valence-electron chi connectivity index (χ1n) is 5.55. The predicted molar refractivity (Wildman–Crippen MR) is 70.3 cm³/mol. The molecule has 0 saturated carbocycles. The van der Waals surface area contributed by atoms with Crippen molar-refractivity contribution < 1.29 is 8.42 Å². The van der Waals surface area contributed by atoms with Gasteiger partial charge in [0.2, 0.25) is 0 Å². The van der Waals surface area contributed by atoms with E-state index in [0.717, 1.165) is 6.42 Å². The van der Waals surface area contributed by atoms with Crippen molar-refractivity contribution >= 4 is 27.2 Å². The highest BCUT2D eigenvalue weighted by Gasteiger charge is 2.38. The van der Waals surface area contributed by atoms with Gasteiger partial charge in [-0.3, -0.25) is 0 Å². The molecule has 4 nitrogen and oxygen atoms in total. The van der Waals surface area contributed by atoms with Crippen LogP contribution in [0.3, 0.4) is 0 Å². The van der Waals surface area contributed by atoms with Gasteiger partial charge in [0.05, 0.1) is 17.0 Å². The van der Waals surface area contributed by atoms with E-state index in [2.05, 4.69) is 17.6 Å². The topological polar surface area (TPSA) is 58.2 Å². The summed E-state index contributed by atoms with van der Waals surface area (Å²) < 4.78 is 22.8. The molecule has 0 aliphatic carbocycles. The average Bonchev–Trinajstić information content (AvgIpc) is 2.39. The van der Waals surface area contributed by atoms with Gasteiger partial charge in [-0.25, -0.2) is 8.42 Å². The van der Waals surface area contributed by atoms with Crippen LogP contribution in [0.5, 0.6) is 0 Å². The smallest absolute Gasteiger partial charge is 0.166 e. The van der Waals surface area contributed by atoms with Gasteiger partial charge < -0.3 is 10.6 Å². The van der Waals surface area contributed by atoms with Crippen LogP contribution in [0, 0.1) is 0 Å². The summed E-state index contributed by atoms with van der Waals surface area (Å²) in [4.78, 5) is 0. The lowest BCUT2D eigenvalue weighted by molar-refractivity contribution is 0.463. The fourth-order valence-electron chi connectivity index (χ4n) is 1.75. The van der Waals surface area contributed by atoms with Crippen LogP contribution >= 0.6 is 12.2 Å².